The number of alkyl carbamates (subject to hydrolysis) is 1. The second-order valence-corrected chi connectivity index (χ2v) is 8.35. The molecule has 0 heterocycles. The second kappa shape index (κ2) is 11.7. The minimum absolute atomic E-state index is 0. The maximum Gasteiger partial charge on any atom is 0.407 e. The van der Waals surface area contributed by atoms with Gasteiger partial charge in [-0.25, -0.2) is 4.79 Å². The maximum absolute atomic E-state index is 12.2. The lowest BCUT2D eigenvalue weighted by atomic mass is 9.85. The molecule has 0 aliphatic rings. The van der Waals surface area contributed by atoms with Gasteiger partial charge in [0.15, 0.2) is 5.78 Å². The van der Waals surface area contributed by atoms with Crippen LogP contribution in [0.5, 0.6) is 5.75 Å². The maximum atomic E-state index is 12.2. The molecule has 3 N–H and O–H groups in total. The van der Waals surface area contributed by atoms with Crippen LogP contribution in [0.1, 0.15) is 63.8 Å². The molecule has 0 fully saturated rings. The van der Waals surface area contributed by atoms with Gasteiger partial charge in [-0.05, 0) is 44.9 Å². The first-order chi connectivity index (χ1) is 12.9. The molecule has 0 saturated carbocycles. The first-order valence-corrected chi connectivity index (χ1v) is 9.87. The minimum Gasteiger partial charge on any atom is -0.492 e. The van der Waals surface area contributed by atoms with Crippen LogP contribution in [0.4, 0.5) is 4.79 Å². The first-order valence-electron chi connectivity index (χ1n) is 9.87. The van der Waals surface area contributed by atoms with Crippen LogP contribution in [0.25, 0.3) is 0 Å². The number of carbonyl (C=O) groups excluding carboxylic acids is 2. The van der Waals surface area contributed by atoms with Crippen LogP contribution in [0, 0.1) is 5.41 Å². The van der Waals surface area contributed by atoms with Crippen LogP contribution >= 0.6 is 0 Å². The molecule has 0 spiro atoms. The van der Waals surface area contributed by atoms with Gasteiger partial charge in [-0.3, -0.25) is 4.79 Å². The van der Waals surface area contributed by atoms with Crippen molar-refractivity contribution in [2.45, 2.75) is 73.5 Å². The number of hydrogen-bond donors (Lipinski definition) is 2. The van der Waals surface area contributed by atoms with E-state index in [2.05, 4.69) is 5.32 Å². The normalized spacial score (nSPS) is 12.3. The fraction of sp³-hybridized carbons (Fsp3) is 0.636. The Bertz CT molecular complexity index is 609. The summed E-state index contributed by atoms with van der Waals surface area (Å²) >= 11 is 0. The third-order valence-corrected chi connectivity index (χ3v) is 3.49. The molecule has 1 aromatic carbocycles. The lowest BCUT2D eigenvalue weighted by Gasteiger charge is -2.21. The first kappa shape index (κ1) is 25.9. The fourth-order valence-corrected chi connectivity index (χ4v) is 2.26. The Labute approximate surface area is 173 Å². The summed E-state index contributed by atoms with van der Waals surface area (Å²) in [5, 5.41) is 2.63. The molecule has 0 bridgehead atoms. The SMILES string of the molecule is CC.CC(C)(C)OC(=O)NCCOc1ccc(CC(N)C(=O)C(C)(C)C)cc1.[HH].[HH]. The van der Waals surface area contributed by atoms with E-state index in [-0.39, 0.29) is 8.64 Å². The lowest BCUT2D eigenvalue weighted by Crippen LogP contribution is -2.40. The van der Waals surface area contributed by atoms with Crippen molar-refractivity contribution in [1.82, 2.24) is 5.32 Å². The number of Topliss-reactive ketones (excluding diaryl/α,β-unsaturated/α-hetero) is 1. The van der Waals surface area contributed by atoms with Crippen LogP contribution in [-0.4, -0.2) is 36.7 Å². The summed E-state index contributed by atoms with van der Waals surface area (Å²) < 4.78 is 10.7. The number of benzene rings is 1. The van der Waals surface area contributed by atoms with E-state index in [0.717, 1.165) is 5.56 Å². The van der Waals surface area contributed by atoms with Crippen molar-refractivity contribution >= 4 is 11.9 Å². The third-order valence-electron chi connectivity index (χ3n) is 3.49. The molecule has 1 rings (SSSR count). The van der Waals surface area contributed by atoms with Gasteiger partial charge in [0.2, 0.25) is 0 Å². The molecule has 0 aromatic heterocycles. The van der Waals surface area contributed by atoms with Crippen LogP contribution in [0.15, 0.2) is 24.3 Å². The van der Waals surface area contributed by atoms with Crippen LogP contribution in [0.3, 0.4) is 0 Å². The van der Waals surface area contributed by atoms with Crippen LogP contribution < -0.4 is 15.8 Å². The van der Waals surface area contributed by atoms with Crippen molar-refractivity contribution in [3.8, 4) is 5.75 Å². The van der Waals surface area contributed by atoms with E-state index in [1.54, 1.807) is 0 Å². The molecule has 0 aliphatic carbocycles. The average Bonchev–Trinajstić information content (AvgIpc) is 2.59. The Morgan fingerprint density at radius 2 is 1.61 bits per heavy atom. The minimum atomic E-state index is -0.518. The van der Waals surface area contributed by atoms with Crippen LogP contribution in [-0.2, 0) is 16.0 Å². The van der Waals surface area contributed by atoms with Crippen molar-refractivity contribution < 1.29 is 21.9 Å². The number of hydrogen-bond acceptors (Lipinski definition) is 5. The van der Waals surface area contributed by atoms with Gasteiger partial charge in [0.1, 0.15) is 18.0 Å². The Kier molecular flexibility index (Phi) is 10.8. The number of nitrogens with one attached hydrogen (secondary N) is 1. The van der Waals surface area contributed by atoms with Crippen molar-refractivity contribution in [3.63, 3.8) is 0 Å². The number of ketones is 1. The molecule has 1 unspecified atom stereocenters. The number of rotatable bonds is 7. The van der Waals surface area contributed by atoms with E-state index in [1.807, 2.05) is 79.7 Å². The highest BCUT2D eigenvalue weighted by molar-refractivity contribution is 5.88. The quantitative estimate of drug-likeness (QED) is 0.655. The summed E-state index contributed by atoms with van der Waals surface area (Å²) in [6, 6.07) is 6.94. The number of amides is 1. The van der Waals surface area contributed by atoms with Crippen molar-refractivity contribution in [3.05, 3.63) is 29.8 Å². The number of nitrogens with two attached hydrogens (primary N) is 1. The van der Waals surface area contributed by atoms with Gasteiger partial charge in [-0.15, -0.1) is 0 Å². The smallest absolute Gasteiger partial charge is 0.407 e. The molecule has 1 amide bonds. The Balaban J connectivity index is -0.00000176. The Hall–Kier alpha value is -2.08. The van der Waals surface area contributed by atoms with Gasteiger partial charge >= 0.3 is 6.09 Å². The van der Waals surface area contributed by atoms with E-state index in [4.69, 9.17) is 15.2 Å². The summed E-state index contributed by atoms with van der Waals surface area (Å²) in [6.07, 6.45) is 0.0327. The van der Waals surface area contributed by atoms with Crippen molar-refractivity contribution in [2.24, 2.45) is 11.1 Å². The third kappa shape index (κ3) is 10.9. The van der Waals surface area contributed by atoms with Gasteiger partial charge < -0.3 is 20.5 Å². The van der Waals surface area contributed by atoms with Crippen molar-refractivity contribution in [1.29, 1.82) is 0 Å². The zero-order valence-electron chi connectivity index (χ0n) is 18.7. The molecule has 1 atom stereocenters. The topological polar surface area (TPSA) is 90.7 Å². The highest BCUT2D eigenvalue weighted by atomic mass is 16.6. The van der Waals surface area contributed by atoms with Gasteiger partial charge in [0, 0.05) is 8.27 Å². The average molecular weight is 399 g/mol. The number of carbonyl (C=O) groups is 2. The molecule has 0 saturated heterocycles. The van der Waals surface area contributed by atoms with Crippen molar-refractivity contribution in [2.75, 3.05) is 13.2 Å². The van der Waals surface area contributed by atoms with Gasteiger partial charge in [-0.2, -0.15) is 0 Å². The summed E-state index contributed by atoms with van der Waals surface area (Å²) in [5.41, 5.74) is 6.03. The highest BCUT2D eigenvalue weighted by Crippen LogP contribution is 2.19. The van der Waals surface area contributed by atoms with E-state index in [9.17, 15) is 9.59 Å². The Morgan fingerprint density at radius 1 is 1.07 bits per heavy atom. The zero-order chi connectivity index (χ0) is 22.0. The summed E-state index contributed by atoms with van der Waals surface area (Å²) in [6.45, 7) is 15.7. The molecular formula is C22H42N2O4. The Morgan fingerprint density at radius 3 is 2.07 bits per heavy atom. The predicted octanol–water partition coefficient (Wildman–Crippen LogP) is 4.59. The van der Waals surface area contributed by atoms with E-state index >= 15 is 0 Å². The molecule has 6 nitrogen and oxygen atoms in total. The van der Waals surface area contributed by atoms with E-state index < -0.39 is 23.2 Å². The van der Waals surface area contributed by atoms with Crippen LogP contribution in [0.2, 0.25) is 0 Å². The summed E-state index contributed by atoms with van der Waals surface area (Å²) in [4.78, 5) is 23.7. The molecule has 0 radical (unpaired) electrons. The van der Waals surface area contributed by atoms with E-state index in [0.29, 0.717) is 25.3 Å². The predicted molar refractivity (Wildman–Crippen MR) is 118 cm³/mol. The van der Waals surface area contributed by atoms with Gasteiger partial charge in [0.05, 0.1) is 12.6 Å². The second-order valence-electron chi connectivity index (χ2n) is 8.35. The van der Waals surface area contributed by atoms with Gasteiger partial charge in [0.25, 0.3) is 0 Å². The largest absolute Gasteiger partial charge is 0.492 e. The molecule has 1 aromatic rings. The molecule has 0 aliphatic heterocycles. The summed E-state index contributed by atoms with van der Waals surface area (Å²) in [5.74, 6) is 0.738. The lowest BCUT2D eigenvalue weighted by molar-refractivity contribution is -0.127. The highest BCUT2D eigenvalue weighted by Gasteiger charge is 2.27. The molecule has 164 valence electrons. The monoisotopic (exact) mass is 398 g/mol. The molecule has 6 heteroatoms. The molecular weight excluding hydrogens is 356 g/mol. The van der Waals surface area contributed by atoms with E-state index in [1.165, 1.54) is 0 Å². The standard InChI is InChI=1S/C20H32N2O4.C2H6.2H2/c1-19(2,3)17(23)16(21)13-14-7-9-15(10-8-14)25-12-11-22-18(24)26-20(4,5)6;1-2;;/h7-10,16H,11-13,21H2,1-6H3,(H,22,24);1-2H3;2*1H. The fourth-order valence-electron chi connectivity index (χ4n) is 2.26. The zero-order valence-corrected chi connectivity index (χ0v) is 18.7. The summed E-state index contributed by atoms with van der Waals surface area (Å²) in [7, 11) is 0. The van der Waals surface area contributed by atoms with Gasteiger partial charge in [-0.1, -0.05) is 46.8 Å². The number of ether oxygens (including phenoxy) is 2. The molecule has 28 heavy (non-hydrogen) atoms.